The highest BCUT2D eigenvalue weighted by atomic mass is 15.1. The predicted molar refractivity (Wildman–Crippen MR) is 115 cm³/mol. The number of benzene rings is 4. The Bertz CT molecular complexity index is 1060. The van der Waals surface area contributed by atoms with E-state index in [1.54, 1.807) is 0 Å². The molecule has 0 saturated carbocycles. The molecule has 1 aliphatic carbocycles. The quantitative estimate of drug-likeness (QED) is 0.384. The Morgan fingerprint density at radius 3 is 2.08 bits per heavy atom. The third-order valence-corrected chi connectivity index (χ3v) is 5.34. The van der Waals surface area contributed by atoms with Crippen LogP contribution >= 0.6 is 0 Å². The van der Waals surface area contributed by atoms with Crippen molar-refractivity contribution in [3.05, 3.63) is 83.9 Å². The van der Waals surface area contributed by atoms with Gasteiger partial charge in [0.1, 0.15) is 0 Å². The zero-order valence-electron chi connectivity index (χ0n) is 15.8. The molecule has 0 aliphatic heterocycles. The molecule has 0 aromatic heterocycles. The van der Waals surface area contributed by atoms with Crippen LogP contribution in [0.3, 0.4) is 0 Å². The van der Waals surface area contributed by atoms with Gasteiger partial charge in [0.2, 0.25) is 0 Å². The van der Waals surface area contributed by atoms with Gasteiger partial charge in [0.25, 0.3) is 0 Å². The lowest BCUT2D eigenvalue weighted by molar-refractivity contribution is 1.02. The van der Waals surface area contributed by atoms with E-state index in [4.69, 9.17) is 0 Å². The van der Waals surface area contributed by atoms with E-state index in [0.29, 0.717) is 0 Å². The third-order valence-electron chi connectivity index (χ3n) is 5.34. The number of hydrogen-bond donors (Lipinski definition) is 0. The van der Waals surface area contributed by atoms with Gasteiger partial charge < -0.3 is 4.90 Å². The summed E-state index contributed by atoms with van der Waals surface area (Å²) >= 11 is 0. The Hall–Kier alpha value is -2.80. The third kappa shape index (κ3) is 2.55. The largest absolute Gasteiger partial charge is 0.344 e. The van der Waals surface area contributed by atoms with Crippen molar-refractivity contribution in [2.24, 2.45) is 0 Å². The molecule has 0 radical (unpaired) electrons. The van der Waals surface area contributed by atoms with Crippen molar-refractivity contribution in [3.63, 3.8) is 0 Å². The molecule has 26 heavy (non-hydrogen) atoms. The van der Waals surface area contributed by atoms with Gasteiger partial charge in [-0.05, 0) is 46.9 Å². The second-order valence-electron chi connectivity index (χ2n) is 6.64. The Labute approximate surface area is 155 Å². The minimum absolute atomic E-state index is 1.17. The summed E-state index contributed by atoms with van der Waals surface area (Å²) in [5, 5.41) is 5.43. The van der Waals surface area contributed by atoms with Crippen LogP contribution < -0.4 is 4.90 Å². The summed E-state index contributed by atoms with van der Waals surface area (Å²) in [5.41, 5.74) is 5.53. The Morgan fingerprint density at radius 2 is 1.23 bits per heavy atom. The fourth-order valence-corrected chi connectivity index (χ4v) is 4.15. The smallest absolute Gasteiger partial charge is 0.0488 e. The molecule has 0 unspecified atom stereocenters. The van der Waals surface area contributed by atoms with Gasteiger partial charge in [0, 0.05) is 29.2 Å². The molecule has 4 aromatic carbocycles. The van der Waals surface area contributed by atoms with Gasteiger partial charge in [-0.3, -0.25) is 0 Å². The van der Waals surface area contributed by atoms with E-state index in [-0.39, 0.29) is 0 Å². The lowest BCUT2D eigenvalue weighted by Gasteiger charge is -2.23. The molecule has 0 amide bonds. The lowest BCUT2D eigenvalue weighted by atomic mass is 10.0. The molecule has 1 nitrogen and oxygen atoms in total. The van der Waals surface area contributed by atoms with Gasteiger partial charge >= 0.3 is 0 Å². The fourth-order valence-electron chi connectivity index (χ4n) is 4.15. The van der Waals surface area contributed by atoms with Crippen LogP contribution in [0.15, 0.2) is 72.8 Å². The van der Waals surface area contributed by atoms with E-state index in [9.17, 15) is 0 Å². The first-order valence-corrected chi connectivity index (χ1v) is 9.58. The van der Waals surface area contributed by atoms with E-state index in [1.165, 1.54) is 56.9 Å². The zero-order valence-corrected chi connectivity index (χ0v) is 15.8. The minimum atomic E-state index is 1.17. The number of rotatable bonds is 2. The van der Waals surface area contributed by atoms with Crippen molar-refractivity contribution in [1.29, 1.82) is 0 Å². The second-order valence-corrected chi connectivity index (χ2v) is 6.64. The summed E-state index contributed by atoms with van der Waals surface area (Å²) in [6.45, 7) is 4.00. The van der Waals surface area contributed by atoms with Crippen LogP contribution in [0.5, 0.6) is 0 Å². The van der Waals surface area contributed by atoms with E-state index in [0.717, 1.165) is 0 Å². The lowest BCUT2D eigenvalue weighted by Crippen LogP contribution is -2.10. The van der Waals surface area contributed by atoms with Crippen LogP contribution in [0, 0.1) is 0 Å². The van der Waals surface area contributed by atoms with E-state index >= 15 is 0 Å². The molecule has 0 spiro atoms. The Morgan fingerprint density at radius 1 is 0.615 bits per heavy atom. The fraction of sp³-hybridized carbons (Fsp3) is 0.200. The maximum atomic E-state index is 2.34. The molecule has 0 bridgehead atoms. The summed E-state index contributed by atoms with van der Waals surface area (Å²) in [7, 11) is 2.18. The second kappa shape index (κ2) is 6.84. The number of hydrogen-bond acceptors (Lipinski definition) is 1. The molecule has 0 heterocycles. The molecule has 0 N–H and O–H groups in total. The summed E-state index contributed by atoms with van der Waals surface area (Å²) < 4.78 is 0. The van der Waals surface area contributed by atoms with Crippen molar-refractivity contribution >= 4 is 32.9 Å². The SMILES string of the molecule is CC.CN(c1cccc2ccccc12)c1ccc2c3c(cccc13)CC2. The minimum Gasteiger partial charge on any atom is -0.344 e. The molecular formula is C25H25N. The zero-order chi connectivity index (χ0) is 18.1. The first kappa shape index (κ1) is 16.7. The van der Waals surface area contributed by atoms with Crippen molar-refractivity contribution in [2.75, 3.05) is 11.9 Å². The number of anilines is 2. The highest BCUT2D eigenvalue weighted by Gasteiger charge is 2.18. The molecule has 5 rings (SSSR count). The van der Waals surface area contributed by atoms with Crippen molar-refractivity contribution in [2.45, 2.75) is 26.7 Å². The molecule has 4 aromatic rings. The van der Waals surface area contributed by atoms with Crippen LogP contribution in [-0.2, 0) is 12.8 Å². The number of fused-ring (bicyclic) bond motifs is 1. The van der Waals surface area contributed by atoms with Crippen LogP contribution in [0.1, 0.15) is 25.0 Å². The first-order valence-electron chi connectivity index (χ1n) is 9.58. The van der Waals surface area contributed by atoms with Crippen LogP contribution in [0.25, 0.3) is 21.5 Å². The normalized spacial score (nSPS) is 12.1. The summed E-state index contributed by atoms with van der Waals surface area (Å²) in [4.78, 5) is 2.34. The van der Waals surface area contributed by atoms with Crippen molar-refractivity contribution < 1.29 is 0 Å². The van der Waals surface area contributed by atoms with E-state index < -0.39 is 0 Å². The van der Waals surface area contributed by atoms with Gasteiger partial charge in [-0.25, -0.2) is 0 Å². The maximum absolute atomic E-state index is 2.34. The topological polar surface area (TPSA) is 3.24 Å². The molecule has 0 atom stereocenters. The highest BCUT2D eigenvalue weighted by Crippen LogP contribution is 2.39. The Kier molecular flexibility index (Phi) is 4.38. The highest BCUT2D eigenvalue weighted by molar-refractivity contribution is 6.04. The van der Waals surface area contributed by atoms with Crippen LogP contribution in [0.4, 0.5) is 11.4 Å². The van der Waals surface area contributed by atoms with Crippen LogP contribution in [-0.4, -0.2) is 7.05 Å². The molecular weight excluding hydrogens is 314 g/mol. The molecule has 130 valence electrons. The number of aryl methyl sites for hydroxylation is 2. The number of nitrogens with zero attached hydrogens (tertiary/aromatic N) is 1. The molecule has 0 fully saturated rings. The average Bonchev–Trinajstić information content (AvgIpc) is 3.14. The average molecular weight is 339 g/mol. The van der Waals surface area contributed by atoms with Crippen molar-refractivity contribution in [3.8, 4) is 0 Å². The molecule has 0 saturated heterocycles. The van der Waals surface area contributed by atoms with E-state index in [2.05, 4.69) is 84.7 Å². The van der Waals surface area contributed by atoms with Gasteiger partial charge in [-0.2, -0.15) is 0 Å². The Balaban J connectivity index is 0.000000814. The summed E-state index contributed by atoms with van der Waals surface area (Å²) in [6.07, 6.45) is 2.35. The standard InChI is InChI=1S/C23H19N.C2H6/c1-24(21-11-5-7-16-6-2-3-9-19(16)21)22-15-14-18-13-12-17-8-4-10-20(22)23(17)18;1-2/h2-11,14-15H,12-13H2,1H3;1-2H3. The van der Waals surface area contributed by atoms with Gasteiger partial charge in [-0.15, -0.1) is 0 Å². The maximum Gasteiger partial charge on any atom is 0.0488 e. The predicted octanol–water partition coefficient (Wildman–Crippen LogP) is 6.89. The monoisotopic (exact) mass is 339 g/mol. The molecule has 1 aliphatic rings. The van der Waals surface area contributed by atoms with Gasteiger partial charge in [-0.1, -0.05) is 74.5 Å². The molecule has 1 heteroatoms. The first-order chi connectivity index (χ1) is 12.8. The van der Waals surface area contributed by atoms with Crippen LogP contribution in [0.2, 0.25) is 0 Å². The van der Waals surface area contributed by atoms with Crippen molar-refractivity contribution in [1.82, 2.24) is 0 Å². The summed E-state index contributed by atoms with van der Waals surface area (Å²) in [5.74, 6) is 0. The summed E-state index contributed by atoms with van der Waals surface area (Å²) in [6, 6.07) is 26.5. The van der Waals surface area contributed by atoms with Gasteiger partial charge in [0.15, 0.2) is 0 Å². The van der Waals surface area contributed by atoms with Gasteiger partial charge in [0.05, 0.1) is 0 Å². The van der Waals surface area contributed by atoms with E-state index in [1.807, 2.05) is 13.8 Å².